The van der Waals surface area contributed by atoms with Crippen molar-refractivity contribution in [3.8, 4) is 11.1 Å². The number of anilines is 2. The summed E-state index contributed by atoms with van der Waals surface area (Å²) in [6, 6.07) is 5.50. The minimum atomic E-state index is 0.685. The SMILES string of the molecule is Nc1ccc(-c2cnsc2)c(N)c1. The van der Waals surface area contributed by atoms with Crippen LogP contribution < -0.4 is 11.5 Å². The molecular weight excluding hydrogens is 182 g/mol. The third-order valence-corrected chi connectivity index (χ3v) is 2.41. The van der Waals surface area contributed by atoms with Crippen LogP contribution in [-0.2, 0) is 0 Å². The van der Waals surface area contributed by atoms with E-state index in [2.05, 4.69) is 4.37 Å². The van der Waals surface area contributed by atoms with E-state index in [1.165, 1.54) is 11.5 Å². The Morgan fingerprint density at radius 2 is 2.08 bits per heavy atom. The van der Waals surface area contributed by atoms with Crippen LogP contribution in [0.2, 0.25) is 0 Å². The van der Waals surface area contributed by atoms with Gasteiger partial charge in [0.2, 0.25) is 0 Å². The average Bonchev–Trinajstić information content (AvgIpc) is 2.56. The fourth-order valence-electron chi connectivity index (χ4n) is 1.18. The van der Waals surface area contributed by atoms with Gasteiger partial charge in [-0.2, -0.15) is 0 Å². The number of benzene rings is 1. The van der Waals surface area contributed by atoms with Gasteiger partial charge in [-0.25, -0.2) is 4.37 Å². The molecule has 0 unspecified atom stereocenters. The van der Waals surface area contributed by atoms with Crippen LogP contribution in [0.15, 0.2) is 29.8 Å². The molecule has 0 spiro atoms. The van der Waals surface area contributed by atoms with Crippen molar-refractivity contribution in [1.29, 1.82) is 0 Å². The van der Waals surface area contributed by atoms with E-state index < -0.39 is 0 Å². The Kier molecular flexibility index (Phi) is 1.90. The highest BCUT2D eigenvalue weighted by molar-refractivity contribution is 7.03. The van der Waals surface area contributed by atoms with Crippen molar-refractivity contribution in [2.75, 3.05) is 11.5 Å². The van der Waals surface area contributed by atoms with Crippen LogP contribution >= 0.6 is 11.5 Å². The summed E-state index contributed by atoms with van der Waals surface area (Å²) in [5, 5.41) is 1.96. The van der Waals surface area contributed by atoms with Crippen molar-refractivity contribution in [2.45, 2.75) is 0 Å². The molecule has 0 aliphatic heterocycles. The van der Waals surface area contributed by atoms with Crippen molar-refractivity contribution in [1.82, 2.24) is 4.37 Å². The van der Waals surface area contributed by atoms with Gasteiger partial charge in [-0.1, -0.05) is 6.07 Å². The maximum Gasteiger partial charge on any atom is 0.0486 e. The lowest BCUT2D eigenvalue weighted by atomic mass is 10.1. The molecule has 4 heteroatoms. The molecule has 2 aromatic rings. The van der Waals surface area contributed by atoms with Crippen molar-refractivity contribution >= 4 is 22.9 Å². The Morgan fingerprint density at radius 1 is 1.23 bits per heavy atom. The van der Waals surface area contributed by atoms with Crippen LogP contribution in [0.1, 0.15) is 0 Å². The number of nitrogens with zero attached hydrogens (tertiary/aromatic N) is 1. The standard InChI is InChI=1S/C9H9N3S/c10-7-1-2-8(9(11)3-7)6-4-12-13-5-6/h1-5H,10-11H2. The van der Waals surface area contributed by atoms with Gasteiger partial charge in [0.05, 0.1) is 0 Å². The normalized spacial score (nSPS) is 10.2. The summed E-state index contributed by atoms with van der Waals surface area (Å²) < 4.78 is 4.02. The summed E-state index contributed by atoms with van der Waals surface area (Å²) in [4.78, 5) is 0. The van der Waals surface area contributed by atoms with Gasteiger partial charge < -0.3 is 11.5 Å². The largest absolute Gasteiger partial charge is 0.399 e. The number of hydrogen-bond donors (Lipinski definition) is 2. The van der Waals surface area contributed by atoms with Gasteiger partial charge >= 0.3 is 0 Å². The fourth-order valence-corrected chi connectivity index (χ4v) is 1.72. The molecular formula is C9H9N3S. The van der Waals surface area contributed by atoms with Gasteiger partial charge in [-0.3, -0.25) is 0 Å². The third-order valence-electron chi connectivity index (χ3n) is 1.82. The molecule has 1 aromatic heterocycles. The molecule has 2 rings (SSSR count). The van der Waals surface area contributed by atoms with E-state index >= 15 is 0 Å². The second-order valence-corrected chi connectivity index (χ2v) is 3.42. The fraction of sp³-hybridized carbons (Fsp3) is 0. The van der Waals surface area contributed by atoms with Crippen molar-refractivity contribution in [2.24, 2.45) is 0 Å². The number of nitrogens with two attached hydrogens (primary N) is 2. The van der Waals surface area contributed by atoms with E-state index in [4.69, 9.17) is 11.5 Å². The van der Waals surface area contributed by atoms with E-state index in [0.717, 1.165) is 11.1 Å². The van der Waals surface area contributed by atoms with Crippen LogP contribution in [0.3, 0.4) is 0 Å². The molecule has 0 bridgehead atoms. The van der Waals surface area contributed by atoms with Crippen molar-refractivity contribution in [3.63, 3.8) is 0 Å². The first-order chi connectivity index (χ1) is 6.27. The van der Waals surface area contributed by atoms with Gasteiger partial charge in [0, 0.05) is 34.1 Å². The summed E-state index contributed by atoms with van der Waals surface area (Å²) in [6.45, 7) is 0. The minimum Gasteiger partial charge on any atom is -0.399 e. The smallest absolute Gasteiger partial charge is 0.0486 e. The van der Waals surface area contributed by atoms with Gasteiger partial charge in [0.15, 0.2) is 0 Å². The number of aromatic nitrogens is 1. The molecule has 0 fully saturated rings. The summed E-state index contributed by atoms with van der Waals surface area (Å²) in [5.74, 6) is 0. The topological polar surface area (TPSA) is 64.9 Å². The Bertz CT molecular complexity index is 409. The molecule has 0 saturated heterocycles. The zero-order valence-corrected chi connectivity index (χ0v) is 7.71. The quantitative estimate of drug-likeness (QED) is 0.677. The Hall–Kier alpha value is -1.55. The first-order valence-corrected chi connectivity index (χ1v) is 4.66. The number of nitrogen functional groups attached to an aromatic ring is 2. The first-order valence-electron chi connectivity index (χ1n) is 3.82. The van der Waals surface area contributed by atoms with Crippen molar-refractivity contribution in [3.05, 3.63) is 29.8 Å². The lowest BCUT2D eigenvalue weighted by Gasteiger charge is -2.03. The molecule has 1 aromatic carbocycles. The molecule has 66 valence electrons. The van der Waals surface area contributed by atoms with Crippen LogP contribution in [0.25, 0.3) is 11.1 Å². The molecule has 4 N–H and O–H groups in total. The molecule has 0 aliphatic carbocycles. The van der Waals surface area contributed by atoms with Crippen LogP contribution in [0.4, 0.5) is 11.4 Å². The predicted molar refractivity (Wildman–Crippen MR) is 56.4 cm³/mol. The Morgan fingerprint density at radius 3 is 2.69 bits per heavy atom. The summed E-state index contributed by atoms with van der Waals surface area (Å²) in [7, 11) is 0. The molecule has 0 aliphatic rings. The van der Waals surface area contributed by atoms with Crippen LogP contribution in [0, 0.1) is 0 Å². The van der Waals surface area contributed by atoms with Gasteiger partial charge in [-0.05, 0) is 23.7 Å². The molecule has 1 heterocycles. The highest BCUT2D eigenvalue weighted by Gasteiger charge is 2.02. The highest BCUT2D eigenvalue weighted by atomic mass is 32.1. The van der Waals surface area contributed by atoms with E-state index in [1.54, 1.807) is 12.3 Å². The lowest BCUT2D eigenvalue weighted by molar-refractivity contribution is 1.56. The minimum absolute atomic E-state index is 0.685. The van der Waals surface area contributed by atoms with Gasteiger partial charge in [0.25, 0.3) is 0 Å². The van der Waals surface area contributed by atoms with E-state index in [0.29, 0.717) is 11.4 Å². The zero-order valence-electron chi connectivity index (χ0n) is 6.90. The molecule has 0 amide bonds. The highest BCUT2D eigenvalue weighted by Crippen LogP contribution is 2.27. The number of rotatable bonds is 1. The lowest BCUT2D eigenvalue weighted by Crippen LogP contribution is -1.92. The second-order valence-electron chi connectivity index (χ2n) is 2.76. The first kappa shape index (κ1) is 8.07. The molecule has 0 radical (unpaired) electrons. The second kappa shape index (κ2) is 3.06. The predicted octanol–water partition coefficient (Wildman–Crippen LogP) is 1.97. The molecule has 3 nitrogen and oxygen atoms in total. The zero-order chi connectivity index (χ0) is 9.26. The van der Waals surface area contributed by atoms with E-state index in [1.807, 2.05) is 17.5 Å². The maximum absolute atomic E-state index is 5.81. The Balaban J connectivity index is 2.53. The summed E-state index contributed by atoms with van der Waals surface area (Å²) >= 11 is 1.41. The Labute approximate surface area is 80.2 Å². The monoisotopic (exact) mass is 191 g/mol. The number of hydrogen-bond acceptors (Lipinski definition) is 4. The van der Waals surface area contributed by atoms with Gasteiger partial charge in [0.1, 0.15) is 0 Å². The van der Waals surface area contributed by atoms with Crippen LogP contribution in [-0.4, -0.2) is 4.37 Å². The van der Waals surface area contributed by atoms with E-state index in [9.17, 15) is 0 Å². The third kappa shape index (κ3) is 1.48. The maximum atomic E-state index is 5.81. The molecule has 13 heavy (non-hydrogen) atoms. The molecule has 0 saturated carbocycles. The average molecular weight is 191 g/mol. The van der Waals surface area contributed by atoms with Gasteiger partial charge in [-0.15, -0.1) is 0 Å². The van der Waals surface area contributed by atoms with Crippen LogP contribution in [0.5, 0.6) is 0 Å². The molecule has 0 atom stereocenters. The van der Waals surface area contributed by atoms with E-state index in [-0.39, 0.29) is 0 Å². The summed E-state index contributed by atoms with van der Waals surface area (Å²) in [6.07, 6.45) is 1.80. The summed E-state index contributed by atoms with van der Waals surface area (Å²) in [5.41, 5.74) is 14.8. The van der Waals surface area contributed by atoms with Crippen molar-refractivity contribution < 1.29 is 0 Å².